The van der Waals surface area contributed by atoms with Gasteiger partial charge in [0.25, 0.3) is 0 Å². The lowest BCUT2D eigenvalue weighted by Crippen LogP contribution is -2.25. The molecule has 0 aliphatic carbocycles. The topological polar surface area (TPSA) is 35.2 Å². The van der Waals surface area contributed by atoms with Gasteiger partial charge in [-0.05, 0) is 43.6 Å². The zero-order valence-corrected chi connectivity index (χ0v) is 8.96. The van der Waals surface area contributed by atoms with Crippen LogP contribution < -0.4 is 5.73 Å². The number of hydrogen-bond acceptors (Lipinski definition) is 2. The first-order valence-electron chi connectivity index (χ1n) is 5.51. The molecule has 78 valence electrons. The van der Waals surface area contributed by atoms with Crippen molar-refractivity contribution in [3.63, 3.8) is 0 Å². The Morgan fingerprint density at radius 2 is 1.92 bits per heavy atom. The molecule has 13 heavy (non-hydrogen) atoms. The van der Waals surface area contributed by atoms with E-state index in [1.54, 1.807) is 0 Å². The highest BCUT2D eigenvalue weighted by Crippen LogP contribution is 2.26. The molecule has 2 heteroatoms. The van der Waals surface area contributed by atoms with E-state index < -0.39 is 0 Å². The van der Waals surface area contributed by atoms with Crippen LogP contribution in [0.2, 0.25) is 0 Å². The molecule has 0 spiro atoms. The van der Waals surface area contributed by atoms with E-state index in [4.69, 9.17) is 10.5 Å². The third kappa shape index (κ3) is 3.65. The fourth-order valence-corrected chi connectivity index (χ4v) is 2.05. The van der Waals surface area contributed by atoms with Gasteiger partial charge in [0.1, 0.15) is 0 Å². The lowest BCUT2D eigenvalue weighted by molar-refractivity contribution is 0.0563. The van der Waals surface area contributed by atoms with Crippen LogP contribution in [0.4, 0.5) is 0 Å². The van der Waals surface area contributed by atoms with Crippen molar-refractivity contribution in [2.24, 2.45) is 23.5 Å². The van der Waals surface area contributed by atoms with Crippen LogP contribution in [0.3, 0.4) is 0 Å². The molecule has 0 amide bonds. The molecule has 1 fully saturated rings. The van der Waals surface area contributed by atoms with Crippen molar-refractivity contribution in [1.82, 2.24) is 0 Å². The Morgan fingerprint density at radius 3 is 2.38 bits per heavy atom. The molecular formula is C11H23NO. The molecule has 1 aliphatic heterocycles. The fourth-order valence-electron chi connectivity index (χ4n) is 2.05. The Morgan fingerprint density at radius 1 is 1.31 bits per heavy atom. The first kappa shape index (κ1) is 11.0. The maximum Gasteiger partial charge on any atom is 0.0468 e. The van der Waals surface area contributed by atoms with Crippen molar-refractivity contribution >= 4 is 0 Å². The van der Waals surface area contributed by atoms with Gasteiger partial charge in [-0.3, -0.25) is 0 Å². The van der Waals surface area contributed by atoms with E-state index in [1.165, 1.54) is 19.3 Å². The van der Waals surface area contributed by atoms with Crippen LogP contribution in [0.1, 0.15) is 33.1 Å². The molecule has 2 nitrogen and oxygen atoms in total. The minimum absolute atomic E-state index is 0.711. The third-order valence-corrected chi connectivity index (χ3v) is 3.22. The summed E-state index contributed by atoms with van der Waals surface area (Å²) in [5, 5.41) is 0. The van der Waals surface area contributed by atoms with Crippen LogP contribution >= 0.6 is 0 Å². The Hall–Kier alpha value is -0.0800. The van der Waals surface area contributed by atoms with Crippen molar-refractivity contribution in [3.05, 3.63) is 0 Å². The van der Waals surface area contributed by atoms with Crippen LogP contribution in [0.5, 0.6) is 0 Å². The highest BCUT2D eigenvalue weighted by atomic mass is 16.5. The minimum Gasteiger partial charge on any atom is -0.381 e. The van der Waals surface area contributed by atoms with Crippen LogP contribution in [0.15, 0.2) is 0 Å². The second-order valence-electron chi connectivity index (χ2n) is 4.53. The fraction of sp³-hybridized carbons (Fsp3) is 1.00. The predicted molar refractivity (Wildman–Crippen MR) is 55.5 cm³/mol. The third-order valence-electron chi connectivity index (χ3n) is 3.22. The SMILES string of the molecule is CC(C)C(CN)CC1CCOCC1. The first-order valence-corrected chi connectivity index (χ1v) is 5.51. The van der Waals surface area contributed by atoms with Crippen LogP contribution in [-0.2, 0) is 4.74 Å². The summed E-state index contributed by atoms with van der Waals surface area (Å²) in [6.07, 6.45) is 3.78. The molecule has 1 saturated heterocycles. The van der Waals surface area contributed by atoms with E-state index in [-0.39, 0.29) is 0 Å². The van der Waals surface area contributed by atoms with Gasteiger partial charge in [-0.1, -0.05) is 13.8 Å². The molecule has 0 aromatic carbocycles. The van der Waals surface area contributed by atoms with Crippen molar-refractivity contribution in [3.8, 4) is 0 Å². The van der Waals surface area contributed by atoms with E-state index in [1.807, 2.05) is 0 Å². The second kappa shape index (κ2) is 5.61. The maximum absolute atomic E-state index is 5.76. The monoisotopic (exact) mass is 185 g/mol. The first-order chi connectivity index (χ1) is 6.24. The largest absolute Gasteiger partial charge is 0.381 e. The van der Waals surface area contributed by atoms with E-state index >= 15 is 0 Å². The molecule has 2 N–H and O–H groups in total. The van der Waals surface area contributed by atoms with Gasteiger partial charge in [-0.2, -0.15) is 0 Å². The van der Waals surface area contributed by atoms with E-state index in [0.717, 1.165) is 31.6 Å². The molecule has 0 radical (unpaired) electrons. The molecule has 1 atom stereocenters. The summed E-state index contributed by atoms with van der Waals surface area (Å²) in [7, 11) is 0. The van der Waals surface area contributed by atoms with E-state index in [9.17, 15) is 0 Å². The molecule has 0 aromatic heterocycles. The summed E-state index contributed by atoms with van der Waals surface area (Å²) in [4.78, 5) is 0. The summed E-state index contributed by atoms with van der Waals surface area (Å²) in [6.45, 7) is 7.31. The molecule has 0 bridgehead atoms. The highest BCUT2D eigenvalue weighted by Gasteiger charge is 2.20. The van der Waals surface area contributed by atoms with Crippen LogP contribution in [0, 0.1) is 17.8 Å². The van der Waals surface area contributed by atoms with Crippen LogP contribution in [-0.4, -0.2) is 19.8 Å². The van der Waals surface area contributed by atoms with Crippen molar-refractivity contribution < 1.29 is 4.74 Å². The van der Waals surface area contributed by atoms with Gasteiger partial charge in [0, 0.05) is 13.2 Å². The summed E-state index contributed by atoms with van der Waals surface area (Å²) in [5.74, 6) is 2.31. The molecule has 0 aromatic rings. The van der Waals surface area contributed by atoms with Gasteiger partial charge in [0.05, 0.1) is 0 Å². The molecule has 1 unspecified atom stereocenters. The summed E-state index contributed by atoms with van der Waals surface area (Å²) < 4.78 is 5.34. The summed E-state index contributed by atoms with van der Waals surface area (Å²) in [5.41, 5.74) is 5.76. The van der Waals surface area contributed by atoms with Gasteiger partial charge >= 0.3 is 0 Å². The van der Waals surface area contributed by atoms with Crippen LogP contribution in [0.25, 0.3) is 0 Å². The normalized spacial score (nSPS) is 22.2. The Kier molecular flexibility index (Phi) is 4.74. The Labute approximate surface area is 81.8 Å². The second-order valence-corrected chi connectivity index (χ2v) is 4.53. The Bertz CT molecular complexity index is 130. The quantitative estimate of drug-likeness (QED) is 0.727. The summed E-state index contributed by atoms with van der Waals surface area (Å²) in [6, 6.07) is 0. The molecule has 1 aliphatic rings. The van der Waals surface area contributed by atoms with Crippen molar-refractivity contribution in [2.45, 2.75) is 33.1 Å². The lowest BCUT2D eigenvalue weighted by Gasteiger charge is -2.27. The Balaban J connectivity index is 2.27. The predicted octanol–water partition coefficient (Wildman–Crippen LogP) is 2.03. The molecule has 0 saturated carbocycles. The van der Waals surface area contributed by atoms with Gasteiger partial charge in [-0.25, -0.2) is 0 Å². The van der Waals surface area contributed by atoms with Crippen molar-refractivity contribution in [2.75, 3.05) is 19.8 Å². The average molecular weight is 185 g/mol. The van der Waals surface area contributed by atoms with Gasteiger partial charge < -0.3 is 10.5 Å². The highest BCUT2D eigenvalue weighted by molar-refractivity contribution is 4.71. The van der Waals surface area contributed by atoms with Gasteiger partial charge in [-0.15, -0.1) is 0 Å². The zero-order chi connectivity index (χ0) is 9.68. The standard InChI is InChI=1S/C11H23NO/c1-9(2)11(8-12)7-10-3-5-13-6-4-10/h9-11H,3-8,12H2,1-2H3. The van der Waals surface area contributed by atoms with E-state index in [2.05, 4.69) is 13.8 Å². The minimum atomic E-state index is 0.711. The number of hydrogen-bond donors (Lipinski definition) is 1. The molecule has 1 rings (SSSR count). The lowest BCUT2D eigenvalue weighted by atomic mass is 9.83. The molecule has 1 heterocycles. The number of rotatable bonds is 4. The van der Waals surface area contributed by atoms with E-state index in [0.29, 0.717) is 5.92 Å². The number of ether oxygens (including phenoxy) is 1. The maximum atomic E-state index is 5.76. The van der Waals surface area contributed by atoms with Crippen molar-refractivity contribution in [1.29, 1.82) is 0 Å². The smallest absolute Gasteiger partial charge is 0.0468 e. The average Bonchev–Trinajstić information content (AvgIpc) is 2.15. The summed E-state index contributed by atoms with van der Waals surface area (Å²) >= 11 is 0. The number of nitrogens with two attached hydrogens (primary N) is 1. The van der Waals surface area contributed by atoms with Gasteiger partial charge in [0.15, 0.2) is 0 Å². The zero-order valence-electron chi connectivity index (χ0n) is 8.96. The molecular weight excluding hydrogens is 162 g/mol. The van der Waals surface area contributed by atoms with Gasteiger partial charge in [0.2, 0.25) is 0 Å².